The lowest BCUT2D eigenvalue weighted by molar-refractivity contribution is 0.0956. The summed E-state index contributed by atoms with van der Waals surface area (Å²) in [5, 5.41) is 4.46. The van der Waals surface area contributed by atoms with Crippen LogP contribution in [0.4, 0.5) is 4.39 Å². The Labute approximate surface area is 131 Å². The van der Waals surface area contributed by atoms with Gasteiger partial charge in [0.2, 0.25) is 0 Å². The molecule has 2 rings (SSSR count). The molecule has 0 spiro atoms. The van der Waals surface area contributed by atoms with Crippen molar-refractivity contribution in [3.8, 4) is 0 Å². The molecule has 0 unspecified atom stereocenters. The minimum absolute atomic E-state index is 0.0650. The van der Waals surface area contributed by atoms with Crippen LogP contribution >= 0.6 is 11.3 Å². The average Bonchev–Trinajstić information content (AvgIpc) is 3.01. The molecule has 1 N–H and O–H groups in total. The number of carbonyl (C=O) groups excluding carboxylic acids is 1. The second kappa shape index (κ2) is 7.48. The molecule has 1 aromatic heterocycles. The normalized spacial score (nSPS) is 11.3. The number of halogens is 1. The molecule has 8 heteroatoms. The smallest absolute Gasteiger partial charge is 0.296 e. The van der Waals surface area contributed by atoms with Gasteiger partial charge in [-0.2, -0.15) is 8.42 Å². The maximum absolute atomic E-state index is 12.7. The van der Waals surface area contributed by atoms with Crippen LogP contribution in [0.3, 0.4) is 0 Å². The summed E-state index contributed by atoms with van der Waals surface area (Å²) in [7, 11) is -3.90. The van der Waals surface area contributed by atoms with Gasteiger partial charge in [-0.25, -0.2) is 4.39 Å². The quantitative estimate of drug-likeness (QED) is 0.619. The van der Waals surface area contributed by atoms with E-state index in [2.05, 4.69) is 5.32 Å². The van der Waals surface area contributed by atoms with Crippen LogP contribution in [0.15, 0.2) is 46.7 Å². The number of thiophene rings is 1. The molecule has 1 aromatic carbocycles. The summed E-state index contributed by atoms with van der Waals surface area (Å²) in [6.07, 6.45) is 0.345. The lowest BCUT2D eigenvalue weighted by atomic mass is 10.4. The first-order valence-corrected chi connectivity index (χ1v) is 8.74. The van der Waals surface area contributed by atoms with E-state index >= 15 is 0 Å². The topological polar surface area (TPSA) is 72.5 Å². The Balaban J connectivity index is 1.74. The molecule has 118 valence electrons. The molecular formula is C14H14FNO4S2. The zero-order valence-electron chi connectivity index (χ0n) is 11.5. The van der Waals surface area contributed by atoms with Crippen LogP contribution in [0.25, 0.3) is 0 Å². The summed E-state index contributed by atoms with van der Waals surface area (Å²) in [6, 6.07) is 7.87. The second-order valence-electron chi connectivity index (χ2n) is 4.32. The SMILES string of the molecule is O=C(NCCCOS(=O)(=O)c1ccc(F)cc1)c1cccs1. The van der Waals surface area contributed by atoms with Gasteiger partial charge in [0, 0.05) is 6.54 Å². The Morgan fingerprint density at radius 1 is 1.23 bits per heavy atom. The second-order valence-corrected chi connectivity index (χ2v) is 6.88. The highest BCUT2D eigenvalue weighted by atomic mass is 32.2. The lowest BCUT2D eigenvalue weighted by Gasteiger charge is -2.06. The highest BCUT2D eigenvalue weighted by Gasteiger charge is 2.14. The molecule has 0 bridgehead atoms. The summed E-state index contributed by atoms with van der Waals surface area (Å²) in [5.74, 6) is -0.716. The fourth-order valence-corrected chi connectivity index (χ4v) is 3.19. The maximum atomic E-state index is 12.7. The summed E-state index contributed by atoms with van der Waals surface area (Å²) in [5.41, 5.74) is 0. The number of hydrogen-bond acceptors (Lipinski definition) is 5. The van der Waals surface area contributed by atoms with E-state index in [9.17, 15) is 17.6 Å². The first-order valence-electron chi connectivity index (χ1n) is 6.46. The van der Waals surface area contributed by atoms with Crippen molar-refractivity contribution in [2.24, 2.45) is 0 Å². The predicted molar refractivity (Wildman–Crippen MR) is 80.8 cm³/mol. The van der Waals surface area contributed by atoms with E-state index in [0.29, 0.717) is 17.8 Å². The van der Waals surface area contributed by atoms with Crippen molar-refractivity contribution < 1.29 is 21.8 Å². The Morgan fingerprint density at radius 3 is 2.59 bits per heavy atom. The van der Waals surface area contributed by atoms with E-state index in [1.54, 1.807) is 17.5 Å². The zero-order valence-corrected chi connectivity index (χ0v) is 13.1. The molecule has 0 saturated heterocycles. The molecule has 1 amide bonds. The van der Waals surface area contributed by atoms with Crippen molar-refractivity contribution in [2.75, 3.05) is 13.2 Å². The molecule has 0 aliphatic carbocycles. The third kappa shape index (κ3) is 4.62. The molecule has 2 aromatic rings. The van der Waals surface area contributed by atoms with Crippen LogP contribution in [0.5, 0.6) is 0 Å². The van der Waals surface area contributed by atoms with Gasteiger partial charge in [0.05, 0.1) is 16.4 Å². The predicted octanol–water partition coefficient (Wildman–Crippen LogP) is 2.41. The average molecular weight is 343 g/mol. The Morgan fingerprint density at radius 2 is 1.95 bits per heavy atom. The Kier molecular flexibility index (Phi) is 5.64. The van der Waals surface area contributed by atoms with E-state index < -0.39 is 15.9 Å². The van der Waals surface area contributed by atoms with Gasteiger partial charge < -0.3 is 5.32 Å². The van der Waals surface area contributed by atoms with Gasteiger partial charge >= 0.3 is 0 Å². The molecule has 0 radical (unpaired) electrons. The summed E-state index contributed by atoms with van der Waals surface area (Å²) in [4.78, 5) is 12.1. The lowest BCUT2D eigenvalue weighted by Crippen LogP contribution is -2.24. The van der Waals surface area contributed by atoms with E-state index in [4.69, 9.17) is 4.18 Å². The van der Waals surface area contributed by atoms with Crippen LogP contribution < -0.4 is 5.32 Å². The minimum Gasteiger partial charge on any atom is -0.351 e. The van der Waals surface area contributed by atoms with Crippen LogP contribution in [0.1, 0.15) is 16.1 Å². The van der Waals surface area contributed by atoms with Gasteiger partial charge in [-0.15, -0.1) is 11.3 Å². The minimum atomic E-state index is -3.90. The maximum Gasteiger partial charge on any atom is 0.296 e. The van der Waals surface area contributed by atoms with Crippen LogP contribution in [-0.2, 0) is 14.3 Å². The van der Waals surface area contributed by atoms with Crippen LogP contribution in [0, 0.1) is 5.82 Å². The molecule has 0 atom stereocenters. The summed E-state index contributed by atoms with van der Waals surface area (Å²) in [6.45, 7) is 0.236. The highest BCUT2D eigenvalue weighted by Crippen LogP contribution is 2.13. The Bertz CT molecular complexity index is 712. The molecule has 0 fully saturated rings. The Hall–Kier alpha value is -1.77. The molecule has 22 heavy (non-hydrogen) atoms. The first-order chi connectivity index (χ1) is 10.5. The van der Waals surface area contributed by atoms with E-state index in [0.717, 1.165) is 24.3 Å². The number of nitrogens with one attached hydrogen (secondary N) is 1. The van der Waals surface area contributed by atoms with Crippen LogP contribution in [0.2, 0.25) is 0 Å². The van der Waals surface area contributed by atoms with Crippen molar-refractivity contribution in [1.82, 2.24) is 5.32 Å². The molecule has 0 saturated carbocycles. The fourth-order valence-electron chi connectivity index (χ4n) is 1.61. The van der Waals surface area contributed by atoms with Gasteiger partial charge in [-0.1, -0.05) is 6.07 Å². The number of hydrogen-bond donors (Lipinski definition) is 1. The summed E-state index contributed by atoms with van der Waals surface area (Å²) >= 11 is 1.33. The molecule has 0 aliphatic rings. The largest absolute Gasteiger partial charge is 0.351 e. The monoisotopic (exact) mass is 343 g/mol. The van der Waals surface area contributed by atoms with Gasteiger partial charge in [-0.05, 0) is 42.1 Å². The third-order valence-corrected chi connectivity index (χ3v) is 4.89. The molecular weight excluding hydrogens is 329 g/mol. The summed E-state index contributed by atoms with van der Waals surface area (Å²) < 4.78 is 41.2. The molecule has 0 aliphatic heterocycles. The number of rotatable bonds is 7. The van der Waals surface area contributed by atoms with Crippen molar-refractivity contribution in [3.63, 3.8) is 0 Å². The fraction of sp³-hybridized carbons (Fsp3) is 0.214. The van der Waals surface area contributed by atoms with Gasteiger partial charge in [0.1, 0.15) is 5.82 Å². The molecule has 1 heterocycles. The number of benzene rings is 1. The third-order valence-electron chi connectivity index (χ3n) is 2.69. The van der Waals surface area contributed by atoms with Gasteiger partial charge in [0.15, 0.2) is 0 Å². The van der Waals surface area contributed by atoms with Crippen LogP contribution in [-0.4, -0.2) is 27.5 Å². The van der Waals surface area contributed by atoms with Crippen molar-refractivity contribution in [2.45, 2.75) is 11.3 Å². The van der Waals surface area contributed by atoms with Gasteiger partial charge in [0.25, 0.3) is 16.0 Å². The van der Waals surface area contributed by atoms with Crippen molar-refractivity contribution in [3.05, 3.63) is 52.5 Å². The number of carbonyl (C=O) groups is 1. The van der Waals surface area contributed by atoms with E-state index in [1.807, 2.05) is 0 Å². The van der Waals surface area contributed by atoms with Crippen molar-refractivity contribution >= 4 is 27.4 Å². The highest BCUT2D eigenvalue weighted by molar-refractivity contribution is 7.86. The first kappa shape index (κ1) is 16.6. The molecule has 5 nitrogen and oxygen atoms in total. The van der Waals surface area contributed by atoms with Gasteiger partial charge in [-0.3, -0.25) is 8.98 Å². The zero-order chi connectivity index (χ0) is 16.0. The standard InChI is InChI=1S/C14H14FNO4S2/c15-11-4-6-12(7-5-11)22(18,19)20-9-2-8-16-14(17)13-3-1-10-21-13/h1,3-7,10H,2,8-9H2,(H,16,17). The number of amides is 1. The van der Waals surface area contributed by atoms with Crippen molar-refractivity contribution in [1.29, 1.82) is 0 Å². The van der Waals surface area contributed by atoms with E-state index in [1.165, 1.54) is 11.3 Å². The van der Waals surface area contributed by atoms with E-state index in [-0.39, 0.29) is 17.4 Å².